The number of nitrogens with one attached hydrogen (secondary N) is 3. The maximum atomic E-state index is 11.4. The Hall–Kier alpha value is -1.36. The molecule has 0 aromatic carbocycles. The lowest BCUT2D eigenvalue weighted by molar-refractivity contribution is -0.123. The molecule has 0 spiro atoms. The predicted octanol–water partition coefficient (Wildman–Crippen LogP) is -0.0646. The lowest BCUT2D eigenvalue weighted by Crippen LogP contribution is -2.43. The first kappa shape index (κ1) is 13.7. The number of hydrogen-bond donors (Lipinski definition) is 3. The number of amides is 2. The molecule has 0 aromatic heterocycles. The minimum absolute atomic E-state index is 0.0544. The third-order valence-corrected chi connectivity index (χ3v) is 2.56. The molecule has 0 radical (unpaired) electrons. The fourth-order valence-corrected chi connectivity index (χ4v) is 1.35. The van der Waals surface area contributed by atoms with E-state index in [9.17, 15) is 9.59 Å². The van der Waals surface area contributed by atoms with Crippen molar-refractivity contribution in [2.24, 2.45) is 0 Å². The number of hydrogen-bond acceptors (Lipinski definition) is 3. The first-order valence-corrected chi connectivity index (χ1v) is 6.05. The molecule has 1 aliphatic rings. The molecule has 5 nitrogen and oxygen atoms in total. The zero-order valence-electron chi connectivity index (χ0n) is 10.3. The Kier molecular flexibility index (Phi) is 5.69. The molecule has 96 valence electrons. The molecule has 1 saturated carbocycles. The summed E-state index contributed by atoms with van der Waals surface area (Å²) in [6, 6.07) is 0.111. The molecule has 0 aliphatic heterocycles. The van der Waals surface area contributed by atoms with E-state index in [0.717, 1.165) is 12.8 Å². The molecular formula is C12H21N3O2. The van der Waals surface area contributed by atoms with Crippen LogP contribution in [0.3, 0.4) is 0 Å². The van der Waals surface area contributed by atoms with Gasteiger partial charge in [0.15, 0.2) is 0 Å². The summed E-state index contributed by atoms with van der Waals surface area (Å²) in [5.41, 5.74) is 0. The second-order valence-electron chi connectivity index (χ2n) is 4.30. The summed E-state index contributed by atoms with van der Waals surface area (Å²) in [6.07, 6.45) is 4.24. The Morgan fingerprint density at radius 2 is 2.18 bits per heavy atom. The van der Waals surface area contributed by atoms with Crippen LogP contribution in [0.5, 0.6) is 0 Å². The van der Waals surface area contributed by atoms with Gasteiger partial charge in [-0.2, -0.15) is 0 Å². The van der Waals surface area contributed by atoms with Crippen LogP contribution in [0.15, 0.2) is 12.7 Å². The fourth-order valence-electron chi connectivity index (χ4n) is 1.35. The quantitative estimate of drug-likeness (QED) is 0.520. The van der Waals surface area contributed by atoms with E-state index in [1.807, 2.05) is 0 Å². The molecule has 1 unspecified atom stereocenters. The molecule has 0 aromatic rings. The maximum absolute atomic E-state index is 11.4. The highest BCUT2D eigenvalue weighted by Gasteiger charge is 2.22. The smallest absolute Gasteiger partial charge is 0.237 e. The van der Waals surface area contributed by atoms with Crippen LogP contribution in [0.25, 0.3) is 0 Å². The van der Waals surface area contributed by atoms with Crippen molar-refractivity contribution in [1.29, 1.82) is 0 Å². The van der Waals surface area contributed by atoms with Crippen molar-refractivity contribution in [3.63, 3.8) is 0 Å². The van der Waals surface area contributed by atoms with E-state index in [0.29, 0.717) is 25.6 Å². The van der Waals surface area contributed by atoms with E-state index < -0.39 is 0 Å². The van der Waals surface area contributed by atoms with Crippen LogP contribution < -0.4 is 16.0 Å². The van der Waals surface area contributed by atoms with Crippen LogP contribution in [-0.4, -0.2) is 37.0 Å². The van der Waals surface area contributed by atoms with E-state index in [4.69, 9.17) is 0 Å². The average molecular weight is 239 g/mol. The summed E-state index contributed by atoms with van der Waals surface area (Å²) in [4.78, 5) is 22.8. The largest absolute Gasteiger partial charge is 0.353 e. The molecule has 0 saturated heterocycles. The van der Waals surface area contributed by atoms with Crippen molar-refractivity contribution < 1.29 is 9.59 Å². The maximum Gasteiger partial charge on any atom is 0.237 e. The van der Waals surface area contributed by atoms with Gasteiger partial charge in [0.2, 0.25) is 11.8 Å². The topological polar surface area (TPSA) is 70.2 Å². The average Bonchev–Trinajstić information content (AvgIpc) is 3.09. The highest BCUT2D eigenvalue weighted by molar-refractivity contribution is 5.81. The Morgan fingerprint density at radius 3 is 2.76 bits per heavy atom. The Morgan fingerprint density at radius 1 is 1.47 bits per heavy atom. The Balaban J connectivity index is 2.05. The summed E-state index contributed by atoms with van der Waals surface area (Å²) >= 11 is 0. The van der Waals surface area contributed by atoms with Crippen molar-refractivity contribution in [2.45, 2.75) is 38.3 Å². The molecule has 2 amide bonds. The number of rotatable bonds is 8. The molecule has 17 heavy (non-hydrogen) atoms. The fraction of sp³-hybridized carbons (Fsp3) is 0.667. The molecular weight excluding hydrogens is 218 g/mol. The van der Waals surface area contributed by atoms with Gasteiger partial charge in [-0.15, -0.1) is 6.58 Å². The highest BCUT2D eigenvalue weighted by Crippen LogP contribution is 2.18. The van der Waals surface area contributed by atoms with Gasteiger partial charge >= 0.3 is 0 Å². The third-order valence-electron chi connectivity index (χ3n) is 2.56. The van der Waals surface area contributed by atoms with Gasteiger partial charge in [0, 0.05) is 25.6 Å². The summed E-state index contributed by atoms with van der Waals surface area (Å²) in [5, 5.41) is 8.60. The Bertz CT molecular complexity index is 287. The van der Waals surface area contributed by atoms with Crippen molar-refractivity contribution in [1.82, 2.24) is 16.0 Å². The first-order chi connectivity index (χ1) is 8.13. The molecule has 1 fully saturated rings. The highest BCUT2D eigenvalue weighted by atomic mass is 16.2. The predicted molar refractivity (Wildman–Crippen MR) is 66.5 cm³/mol. The van der Waals surface area contributed by atoms with Crippen molar-refractivity contribution in [3.8, 4) is 0 Å². The van der Waals surface area contributed by atoms with Gasteiger partial charge < -0.3 is 16.0 Å². The van der Waals surface area contributed by atoms with E-state index in [2.05, 4.69) is 22.5 Å². The van der Waals surface area contributed by atoms with Gasteiger partial charge in [-0.05, 0) is 19.8 Å². The standard InChI is InChI=1S/C12H21N3O2/c1-3-7-14-12(17)9(2)13-8-6-11(16)15-10-4-5-10/h3,9-10,13H,1,4-8H2,2H3,(H,14,17)(H,15,16). The van der Waals surface area contributed by atoms with Crippen molar-refractivity contribution >= 4 is 11.8 Å². The first-order valence-electron chi connectivity index (χ1n) is 6.05. The number of carbonyl (C=O) groups is 2. The summed E-state index contributed by atoms with van der Waals surface area (Å²) in [6.45, 7) is 6.28. The van der Waals surface area contributed by atoms with E-state index in [-0.39, 0.29) is 17.9 Å². The van der Waals surface area contributed by atoms with Crippen LogP contribution >= 0.6 is 0 Å². The van der Waals surface area contributed by atoms with Gasteiger partial charge in [0.05, 0.1) is 6.04 Å². The lowest BCUT2D eigenvalue weighted by atomic mass is 10.3. The monoisotopic (exact) mass is 239 g/mol. The van der Waals surface area contributed by atoms with Crippen LogP contribution in [0.2, 0.25) is 0 Å². The van der Waals surface area contributed by atoms with Gasteiger partial charge in [-0.1, -0.05) is 6.08 Å². The van der Waals surface area contributed by atoms with Crippen molar-refractivity contribution in [2.75, 3.05) is 13.1 Å². The lowest BCUT2D eigenvalue weighted by Gasteiger charge is -2.13. The minimum atomic E-state index is -0.288. The zero-order valence-corrected chi connectivity index (χ0v) is 10.3. The van der Waals surface area contributed by atoms with Gasteiger partial charge in [-0.25, -0.2) is 0 Å². The van der Waals surface area contributed by atoms with Gasteiger partial charge in [0.1, 0.15) is 0 Å². The van der Waals surface area contributed by atoms with Crippen LogP contribution in [0.4, 0.5) is 0 Å². The molecule has 0 heterocycles. The van der Waals surface area contributed by atoms with Gasteiger partial charge in [0.25, 0.3) is 0 Å². The second-order valence-corrected chi connectivity index (χ2v) is 4.30. The van der Waals surface area contributed by atoms with E-state index >= 15 is 0 Å². The summed E-state index contributed by atoms with van der Waals surface area (Å²) < 4.78 is 0. The molecule has 1 rings (SSSR count). The van der Waals surface area contributed by atoms with Crippen LogP contribution in [0, 0.1) is 0 Å². The third kappa shape index (κ3) is 6.06. The zero-order chi connectivity index (χ0) is 12.7. The molecule has 3 N–H and O–H groups in total. The van der Waals surface area contributed by atoms with Crippen LogP contribution in [0.1, 0.15) is 26.2 Å². The normalized spacial score (nSPS) is 16.1. The molecule has 0 bridgehead atoms. The van der Waals surface area contributed by atoms with Crippen LogP contribution in [-0.2, 0) is 9.59 Å². The van der Waals surface area contributed by atoms with Gasteiger partial charge in [-0.3, -0.25) is 9.59 Å². The van der Waals surface area contributed by atoms with E-state index in [1.54, 1.807) is 13.0 Å². The summed E-state index contributed by atoms with van der Waals surface area (Å²) in [7, 11) is 0. The Labute approximate surface area is 102 Å². The summed E-state index contributed by atoms with van der Waals surface area (Å²) in [5.74, 6) is -0.0220. The van der Waals surface area contributed by atoms with Crippen molar-refractivity contribution in [3.05, 3.63) is 12.7 Å². The molecule has 1 atom stereocenters. The van der Waals surface area contributed by atoms with E-state index in [1.165, 1.54) is 0 Å². The molecule has 5 heteroatoms. The SMILES string of the molecule is C=CCNC(=O)C(C)NCCC(=O)NC1CC1. The minimum Gasteiger partial charge on any atom is -0.353 e. The number of carbonyl (C=O) groups excluding carboxylic acids is 2. The second kappa shape index (κ2) is 7.06. The molecule has 1 aliphatic carbocycles.